The lowest BCUT2D eigenvalue weighted by atomic mass is 9.94. The molecule has 36 heavy (non-hydrogen) atoms. The number of ether oxygens (including phenoxy) is 2. The molecule has 188 valence electrons. The first-order chi connectivity index (χ1) is 17.6. The summed E-state index contributed by atoms with van der Waals surface area (Å²) in [4.78, 5) is 30.8. The first kappa shape index (κ1) is 24.1. The quantitative estimate of drug-likeness (QED) is 0.451. The molecule has 3 aromatic rings. The van der Waals surface area contributed by atoms with Gasteiger partial charge in [0.1, 0.15) is 11.3 Å². The van der Waals surface area contributed by atoms with E-state index in [9.17, 15) is 14.7 Å². The summed E-state index contributed by atoms with van der Waals surface area (Å²) in [5.74, 6) is -0.856. The molecular formula is C28H30N2O6. The highest BCUT2D eigenvalue weighted by atomic mass is 16.5. The fourth-order valence-electron chi connectivity index (χ4n) is 4.92. The zero-order valence-electron chi connectivity index (χ0n) is 20.3. The van der Waals surface area contributed by atoms with Gasteiger partial charge in [-0.05, 0) is 43.2 Å². The van der Waals surface area contributed by atoms with Gasteiger partial charge in [0.2, 0.25) is 5.78 Å². The number of hydrogen-bond donors (Lipinski definition) is 1. The van der Waals surface area contributed by atoms with E-state index in [0.29, 0.717) is 49.7 Å². The average molecular weight is 491 g/mol. The number of aliphatic hydroxyl groups is 1. The van der Waals surface area contributed by atoms with Crippen LogP contribution in [0.1, 0.15) is 35.5 Å². The van der Waals surface area contributed by atoms with Crippen molar-refractivity contribution < 1.29 is 28.6 Å². The van der Waals surface area contributed by atoms with Crippen molar-refractivity contribution in [1.82, 2.24) is 9.80 Å². The molecular weight excluding hydrogens is 460 g/mol. The van der Waals surface area contributed by atoms with E-state index in [2.05, 4.69) is 4.90 Å². The third kappa shape index (κ3) is 4.74. The topological polar surface area (TPSA) is 92.5 Å². The molecule has 1 aromatic heterocycles. The molecule has 5 rings (SSSR count). The molecule has 1 amide bonds. The molecule has 2 aliphatic rings. The van der Waals surface area contributed by atoms with Gasteiger partial charge in [-0.2, -0.15) is 0 Å². The second kappa shape index (κ2) is 10.6. The molecule has 2 aromatic carbocycles. The van der Waals surface area contributed by atoms with Crippen LogP contribution >= 0.6 is 0 Å². The van der Waals surface area contributed by atoms with Gasteiger partial charge in [-0.1, -0.05) is 30.3 Å². The van der Waals surface area contributed by atoms with E-state index in [0.717, 1.165) is 25.0 Å². The standard InChI is InChI=1S/C28H30N2O6/c1-2-35-21-9-5-8-20(17-21)25-24(26(31)23-18-19-7-3-4-10-22(19)36-23)27(32)28(33)30(25)12-6-11-29-13-15-34-16-14-29/h3-5,7-10,17-18,25,32H,2,6,11-16H2,1H3/t25-/m1/s1. The number of Topliss-reactive ketones (excluding diaryl/α,β-unsaturated/α-hetero) is 1. The van der Waals surface area contributed by atoms with Crippen LogP contribution in [0.4, 0.5) is 0 Å². The molecule has 8 nitrogen and oxygen atoms in total. The lowest BCUT2D eigenvalue weighted by molar-refractivity contribution is -0.129. The lowest BCUT2D eigenvalue weighted by Crippen LogP contribution is -2.39. The summed E-state index contributed by atoms with van der Waals surface area (Å²) in [6, 6.07) is 15.5. The largest absolute Gasteiger partial charge is 0.503 e. The summed E-state index contributed by atoms with van der Waals surface area (Å²) in [5, 5.41) is 11.7. The summed E-state index contributed by atoms with van der Waals surface area (Å²) < 4.78 is 16.9. The van der Waals surface area contributed by atoms with Gasteiger partial charge in [0.15, 0.2) is 11.5 Å². The number of carbonyl (C=O) groups is 2. The third-order valence-electron chi connectivity index (χ3n) is 6.66. The predicted molar refractivity (Wildman–Crippen MR) is 134 cm³/mol. The number of nitrogens with zero attached hydrogens (tertiary/aromatic N) is 2. The Bertz CT molecular complexity index is 1260. The molecule has 1 N–H and O–H groups in total. The van der Waals surface area contributed by atoms with Gasteiger partial charge in [-0.25, -0.2) is 0 Å². The van der Waals surface area contributed by atoms with Crippen LogP contribution in [-0.4, -0.2) is 72.6 Å². The van der Waals surface area contributed by atoms with E-state index in [4.69, 9.17) is 13.9 Å². The van der Waals surface area contributed by atoms with Crippen molar-refractivity contribution in [2.75, 3.05) is 46.0 Å². The van der Waals surface area contributed by atoms with Gasteiger partial charge in [-0.15, -0.1) is 0 Å². The van der Waals surface area contributed by atoms with Gasteiger partial charge >= 0.3 is 0 Å². The maximum absolute atomic E-state index is 13.7. The van der Waals surface area contributed by atoms with Crippen LogP contribution in [0.3, 0.4) is 0 Å². The molecule has 1 saturated heterocycles. The van der Waals surface area contributed by atoms with Crippen molar-refractivity contribution in [3.8, 4) is 5.75 Å². The van der Waals surface area contributed by atoms with Crippen LogP contribution in [0.25, 0.3) is 11.0 Å². The number of hydrogen-bond acceptors (Lipinski definition) is 7. The molecule has 0 aliphatic carbocycles. The summed E-state index contributed by atoms with van der Waals surface area (Å²) in [5.41, 5.74) is 1.30. The Morgan fingerprint density at radius 2 is 1.89 bits per heavy atom. The number of ketones is 1. The SMILES string of the molecule is CCOc1cccc([C@@H]2C(C(=O)c3cc4ccccc4o3)=C(O)C(=O)N2CCCN2CCOCC2)c1. The van der Waals surface area contributed by atoms with Gasteiger partial charge in [0.25, 0.3) is 5.91 Å². The highest BCUT2D eigenvalue weighted by molar-refractivity contribution is 6.16. The smallest absolute Gasteiger partial charge is 0.290 e. The maximum atomic E-state index is 13.7. The van der Waals surface area contributed by atoms with Gasteiger partial charge in [-0.3, -0.25) is 14.5 Å². The van der Waals surface area contributed by atoms with Crippen LogP contribution in [0, 0.1) is 0 Å². The van der Waals surface area contributed by atoms with Crippen molar-refractivity contribution in [2.24, 2.45) is 0 Å². The minimum Gasteiger partial charge on any atom is -0.503 e. The number of rotatable bonds is 9. The highest BCUT2D eigenvalue weighted by Crippen LogP contribution is 2.40. The van der Waals surface area contributed by atoms with Gasteiger partial charge < -0.3 is 23.9 Å². The zero-order chi connectivity index (χ0) is 25.1. The Hall–Kier alpha value is -3.62. The van der Waals surface area contributed by atoms with E-state index in [1.54, 1.807) is 17.0 Å². The number of morpholine rings is 1. The summed E-state index contributed by atoms with van der Waals surface area (Å²) in [7, 11) is 0. The first-order valence-electron chi connectivity index (χ1n) is 12.4. The zero-order valence-corrected chi connectivity index (χ0v) is 20.3. The van der Waals surface area contributed by atoms with Crippen molar-refractivity contribution >= 4 is 22.7 Å². The average Bonchev–Trinajstić information content (AvgIpc) is 3.44. The normalized spacial score (nSPS) is 18.9. The molecule has 0 radical (unpaired) electrons. The minimum absolute atomic E-state index is 0.0269. The molecule has 2 aliphatic heterocycles. The fourth-order valence-corrected chi connectivity index (χ4v) is 4.92. The predicted octanol–water partition coefficient (Wildman–Crippen LogP) is 4.13. The van der Waals surface area contributed by atoms with Crippen molar-refractivity contribution in [3.63, 3.8) is 0 Å². The van der Waals surface area contributed by atoms with Gasteiger partial charge in [0.05, 0.1) is 31.4 Å². The number of para-hydroxylation sites is 1. The second-order valence-corrected chi connectivity index (χ2v) is 8.95. The third-order valence-corrected chi connectivity index (χ3v) is 6.66. The number of benzene rings is 2. The van der Waals surface area contributed by atoms with Crippen LogP contribution < -0.4 is 4.74 Å². The second-order valence-electron chi connectivity index (χ2n) is 8.95. The molecule has 1 atom stereocenters. The molecule has 0 spiro atoms. The lowest BCUT2D eigenvalue weighted by Gasteiger charge is -2.30. The first-order valence-corrected chi connectivity index (χ1v) is 12.4. The van der Waals surface area contributed by atoms with Crippen molar-refractivity contribution in [2.45, 2.75) is 19.4 Å². The molecule has 0 saturated carbocycles. The van der Waals surface area contributed by atoms with E-state index in [1.807, 2.05) is 49.4 Å². The minimum atomic E-state index is -0.747. The molecule has 0 bridgehead atoms. The van der Waals surface area contributed by atoms with Crippen LogP contribution in [0.2, 0.25) is 0 Å². The molecule has 8 heteroatoms. The molecule has 1 fully saturated rings. The monoisotopic (exact) mass is 490 g/mol. The number of carbonyl (C=O) groups excluding carboxylic acids is 2. The van der Waals surface area contributed by atoms with E-state index in [1.165, 1.54) is 0 Å². The fraction of sp³-hybridized carbons (Fsp3) is 0.357. The molecule has 3 heterocycles. The van der Waals surface area contributed by atoms with Crippen LogP contribution in [0.5, 0.6) is 5.75 Å². The Balaban J connectivity index is 1.47. The summed E-state index contributed by atoms with van der Waals surface area (Å²) in [6.07, 6.45) is 0.701. The maximum Gasteiger partial charge on any atom is 0.290 e. The Labute approximate surface area is 209 Å². The Morgan fingerprint density at radius 1 is 1.08 bits per heavy atom. The van der Waals surface area contributed by atoms with Crippen molar-refractivity contribution in [1.29, 1.82) is 0 Å². The number of fused-ring (bicyclic) bond motifs is 1. The summed E-state index contributed by atoms with van der Waals surface area (Å²) in [6.45, 7) is 6.68. The number of aliphatic hydroxyl groups excluding tert-OH is 1. The molecule has 0 unspecified atom stereocenters. The van der Waals surface area contributed by atoms with E-state index < -0.39 is 23.5 Å². The van der Waals surface area contributed by atoms with Crippen LogP contribution in [0.15, 0.2) is 70.3 Å². The van der Waals surface area contributed by atoms with Crippen molar-refractivity contribution in [3.05, 3.63) is 77.3 Å². The van der Waals surface area contributed by atoms with E-state index in [-0.39, 0.29) is 11.3 Å². The highest BCUT2D eigenvalue weighted by Gasteiger charge is 2.44. The summed E-state index contributed by atoms with van der Waals surface area (Å²) >= 11 is 0. The Kier molecular flexibility index (Phi) is 7.06. The Morgan fingerprint density at radius 3 is 2.67 bits per heavy atom. The van der Waals surface area contributed by atoms with Gasteiger partial charge in [0, 0.05) is 31.6 Å². The van der Waals surface area contributed by atoms with Crippen LogP contribution in [-0.2, 0) is 9.53 Å². The van der Waals surface area contributed by atoms with E-state index >= 15 is 0 Å². The number of amides is 1. The number of furan rings is 1.